The van der Waals surface area contributed by atoms with Crippen LogP contribution in [-0.2, 0) is 34.0 Å². The largest absolute Gasteiger partial charge is 0.430 e. The lowest BCUT2D eigenvalue weighted by molar-refractivity contribution is -0.157. The number of benzene rings is 1. The number of rotatable bonds is 7. The van der Waals surface area contributed by atoms with Gasteiger partial charge in [0.15, 0.2) is 0 Å². The Balaban J connectivity index is 2.64. The number of nitrogens with zero attached hydrogens (tertiary/aromatic N) is 1. The van der Waals surface area contributed by atoms with E-state index in [9.17, 15) is 22.8 Å². The summed E-state index contributed by atoms with van der Waals surface area (Å²) in [6.07, 6.45) is 0.661. The molecule has 1 aromatic rings. The van der Waals surface area contributed by atoms with Crippen LogP contribution in [0.1, 0.15) is 73.8 Å². The summed E-state index contributed by atoms with van der Waals surface area (Å²) in [7, 11) is -3.59. The fraction of sp³-hybridized carbons (Fsp3) is 0.542. The second-order valence-electron chi connectivity index (χ2n) is 10.2. The SMILES string of the molecule is CCCS(=O)(=O)Nc1ccc2c(c1)N(OC(=O)C(C)(C)C)C(=O)/C2=C(/CC)OC(=O)C(C)(C)C. The molecule has 0 bridgehead atoms. The first-order valence-electron chi connectivity index (χ1n) is 11.2. The third-order valence-corrected chi connectivity index (χ3v) is 6.34. The molecule has 2 rings (SSSR count). The summed E-state index contributed by atoms with van der Waals surface area (Å²) in [5, 5.41) is 0.830. The number of sulfonamides is 1. The van der Waals surface area contributed by atoms with Crippen LogP contribution in [0.5, 0.6) is 0 Å². The molecule has 1 amide bonds. The van der Waals surface area contributed by atoms with Crippen LogP contribution in [0.2, 0.25) is 0 Å². The standard InChI is InChI=1S/C24H34N2O7S/c1-9-13-34(30,31)25-15-11-12-16-17(14-15)26(33-22(29)24(6,7)8)20(27)19(16)18(10-2)32-21(28)23(3,4)5/h11-12,14,25H,9-10,13H2,1-8H3/b19-18-. The maximum Gasteiger partial charge on any atom is 0.338 e. The number of anilines is 2. The van der Waals surface area contributed by atoms with Crippen molar-refractivity contribution >= 4 is 44.8 Å². The van der Waals surface area contributed by atoms with Crippen LogP contribution in [0.25, 0.3) is 5.57 Å². The van der Waals surface area contributed by atoms with Crippen LogP contribution in [0.3, 0.4) is 0 Å². The molecule has 34 heavy (non-hydrogen) atoms. The maximum absolute atomic E-state index is 13.4. The van der Waals surface area contributed by atoms with Gasteiger partial charge >= 0.3 is 11.9 Å². The van der Waals surface area contributed by atoms with Crippen LogP contribution in [0, 0.1) is 10.8 Å². The molecule has 1 heterocycles. The molecule has 0 aliphatic carbocycles. The summed E-state index contributed by atoms with van der Waals surface area (Å²) in [5.74, 6) is -1.78. The number of ether oxygens (including phenoxy) is 1. The molecule has 1 N–H and O–H groups in total. The van der Waals surface area contributed by atoms with Gasteiger partial charge in [0, 0.05) is 12.0 Å². The van der Waals surface area contributed by atoms with Crippen molar-refractivity contribution in [2.75, 3.05) is 15.5 Å². The first-order chi connectivity index (χ1) is 15.5. The minimum Gasteiger partial charge on any atom is -0.430 e. The van der Waals surface area contributed by atoms with Gasteiger partial charge in [-0.2, -0.15) is 0 Å². The maximum atomic E-state index is 13.4. The van der Waals surface area contributed by atoms with E-state index in [1.807, 2.05) is 0 Å². The summed E-state index contributed by atoms with van der Waals surface area (Å²) in [6.45, 7) is 13.5. The van der Waals surface area contributed by atoms with Gasteiger partial charge in [0.1, 0.15) is 5.76 Å². The molecule has 188 valence electrons. The van der Waals surface area contributed by atoms with Gasteiger partial charge < -0.3 is 9.57 Å². The average molecular weight is 495 g/mol. The van der Waals surface area contributed by atoms with Crippen LogP contribution >= 0.6 is 0 Å². The highest BCUT2D eigenvalue weighted by atomic mass is 32.2. The van der Waals surface area contributed by atoms with E-state index in [-0.39, 0.29) is 34.9 Å². The number of amides is 1. The van der Waals surface area contributed by atoms with Gasteiger partial charge in [-0.05, 0) is 66.2 Å². The molecule has 0 atom stereocenters. The molecule has 0 saturated heterocycles. The fourth-order valence-corrected chi connectivity index (χ4v) is 4.07. The van der Waals surface area contributed by atoms with Crippen molar-refractivity contribution in [2.45, 2.75) is 68.2 Å². The third-order valence-electron chi connectivity index (χ3n) is 4.85. The van der Waals surface area contributed by atoms with Crippen molar-refractivity contribution in [1.82, 2.24) is 0 Å². The Labute approximate surface area is 201 Å². The third kappa shape index (κ3) is 6.16. The second-order valence-corrected chi connectivity index (χ2v) is 12.0. The lowest BCUT2D eigenvalue weighted by atomic mass is 9.97. The van der Waals surface area contributed by atoms with Gasteiger partial charge in [0.05, 0.1) is 33.5 Å². The summed E-state index contributed by atoms with van der Waals surface area (Å²) >= 11 is 0. The Bertz CT molecular complexity index is 1120. The molecule has 0 spiro atoms. The van der Waals surface area contributed by atoms with Crippen LogP contribution in [-0.4, -0.2) is 32.0 Å². The van der Waals surface area contributed by atoms with E-state index in [4.69, 9.17) is 9.57 Å². The van der Waals surface area contributed by atoms with E-state index in [2.05, 4.69) is 4.72 Å². The molecular weight excluding hydrogens is 460 g/mol. The number of allylic oxidation sites excluding steroid dienone is 1. The van der Waals surface area contributed by atoms with Gasteiger partial charge in [-0.3, -0.25) is 14.3 Å². The van der Waals surface area contributed by atoms with Gasteiger partial charge in [0.25, 0.3) is 5.91 Å². The highest BCUT2D eigenvalue weighted by molar-refractivity contribution is 7.92. The molecular formula is C24H34N2O7S. The molecule has 0 aromatic heterocycles. The molecule has 0 radical (unpaired) electrons. The van der Waals surface area contributed by atoms with Crippen LogP contribution < -0.4 is 9.79 Å². The van der Waals surface area contributed by atoms with E-state index in [1.54, 1.807) is 55.4 Å². The van der Waals surface area contributed by atoms with Crippen molar-refractivity contribution in [3.05, 3.63) is 29.5 Å². The minimum absolute atomic E-state index is 0.0698. The Kier molecular flexibility index (Phi) is 7.87. The average Bonchev–Trinajstić information content (AvgIpc) is 2.95. The predicted molar refractivity (Wildman–Crippen MR) is 130 cm³/mol. The number of hydrogen-bond donors (Lipinski definition) is 1. The number of hydrogen-bond acceptors (Lipinski definition) is 7. The number of esters is 1. The fourth-order valence-electron chi connectivity index (χ4n) is 2.94. The van der Waals surface area contributed by atoms with Crippen molar-refractivity contribution in [1.29, 1.82) is 0 Å². The summed E-state index contributed by atoms with van der Waals surface area (Å²) in [4.78, 5) is 44.0. The van der Waals surface area contributed by atoms with Crippen molar-refractivity contribution < 1.29 is 32.4 Å². The minimum atomic E-state index is -3.59. The monoisotopic (exact) mass is 494 g/mol. The zero-order valence-electron chi connectivity index (χ0n) is 21.1. The van der Waals surface area contributed by atoms with Crippen molar-refractivity contribution in [2.24, 2.45) is 10.8 Å². The van der Waals surface area contributed by atoms with E-state index in [1.165, 1.54) is 18.2 Å². The lowest BCUT2D eigenvalue weighted by Crippen LogP contribution is -2.35. The number of nitrogens with one attached hydrogen (secondary N) is 1. The molecule has 0 unspecified atom stereocenters. The molecule has 0 saturated carbocycles. The van der Waals surface area contributed by atoms with Crippen LogP contribution in [0.15, 0.2) is 24.0 Å². The number of hydroxylamine groups is 1. The van der Waals surface area contributed by atoms with Crippen molar-refractivity contribution in [3.63, 3.8) is 0 Å². The van der Waals surface area contributed by atoms with Gasteiger partial charge in [-0.15, -0.1) is 5.06 Å². The molecule has 1 aliphatic heterocycles. The zero-order valence-corrected chi connectivity index (χ0v) is 21.9. The Morgan fingerprint density at radius 3 is 2.09 bits per heavy atom. The Hall–Kier alpha value is -2.88. The number of carbonyl (C=O) groups is 3. The van der Waals surface area contributed by atoms with E-state index >= 15 is 0 Å². The summed E-state index contributed by atoms with van der Waals surface area (Å²) < 4.78 is 32.5. The highest BCUT2D eigenvalue weighted by Crippen LogP contribution is 2.42. The normalized spacial score (nSPS) is 15.6. The summed E-state index contributed by atoms with van der Waals surface area (Å²) in [6, 6.07) is 4.47. The van der Waals surface area contributed by atoms with Gasteiger partial charge in [-0.1, -0.05) is 13.8 Å². The number of carbonyl (C=O) groups excluding carboxylic acids is 3. The molecule has 0 fully saturated rings. The Morgan fingerprint density at radius 2 is 1.59 bits per heavy atom. The predicted octanol–water partition coefficient (Wildman–Crippen LogP) is 4.40. The highest BCUT2D eigenvalue weighted by Gasteiger charge is 2.41. The smallest absolute Gasteiger partial charge is 0.338 e. The van der Waals surface area contributed by atoms with E-state index in [0.717, 1.165) is 5.06 Å². The summed E-state index contributed by atoms with van der Waals surface area (Å²) in [5.41, 5.74) is -0.872. The topological polar surface area (TPSA) is 119 Å². The Morgan fingerprint density at radius 1 is 1.00 bits per heavy atom. The lowest BCUT2D eigenvalue weighted by Gasteiger charge is -2.22. The molecule has 9 nitrogen and oxygen atoms in total. The van der Waals surface area contributed by atoms with Gasteiger partial charge in [0.2, 0.25) is 10.0 Å². The second kappa shape index (κ2) is 9.77. The first-order valence-corrected chi connectivity index (χ1v) is 12.8. The first kappa shape index (κ1) is 27.4. The number of fused-ring (bicyclic) bond motifs is 1. The zero-order chi connectivity index (χ0) is 26.1. The quantitative estimate of drug-likeness (QED) is 0.339. The molecule has 10 heteroatoms. The van der Waals surface area contributed by atoms with E-state index in [0.29, 0.717) is 12.0 Å². The molecule has 1 aliphatic rings. The van der Waals surface area contributed by atoms with E-state index < -0.39 is 38.7 Å². The van der Waals surface area contributed by atoms with Crippen molar-refractivity contribution in [3.8, 4) is 0 Å². The molecule has 1 aromatic carbocycles. The van der Waals surface area contributed by atoms with Gasteiger partial charge in [-0.25, -0.2) is 13.2 Å². The van der Waals surface area contributed by atoms with Crippen LogP contribution in [0.4, 0.5) is 11.4 Å².